The van der Waals surface area contributed by atoms with Crippen LogP contribution in [-0.4, -0.2) is 15.7 Å². The van der Waals surface area contributed by atoms with Crippen LogP contribution in [-0.2, 0) is 6.54 Å². The Hall–Kier alpha value is -2.88. The van der Waals surface area contributed by atoms with Gasteiger partial charge in [-0.1, -0.05) is 56.3 Å². The molecule has 0 saturated heterocycles. The smallest absolute Gasteiger partial charge is 0.251 e. The van der Waals surface area contributed by atoms with Gasteiger partial charge >= 0.3 is 0 Å². The van der Waals surface area contributed by atoms with Gasteiger partial charge in [0.25, 0.3) is 5.91 Å². The summed E-state index contributed by atoms with van der Waals surface area (Å²) in [5.74, 6) is 0.263. The Bertz CT molecular complexity index is 793. The first-order chi connectivity index (χ1) is 12.1. The molecule has 0 radical (unpaired) electrons. The SMILES string of the molecule is CC(C)C(NC(=O)c1ccc(Cn2cccn2)cc1)c1ccccc1. The molecule has 1 amide bonds. The average Bonchev–Trinajstić information content (AvgIpc) is 3.13. The predicted octanol–water partition coefficient (Wildman–Crippen LogP) is 4.06. The molecule has 0 spiro atoms. The zero-order valence-electron chi connectivity index (χ0n) is 14.6. The normalized spacial score (nSPS) is 12.1. The summed E-state index contributed by atoms with van der Waals surface area (Å²) in [6, 6.07) is 19.7. The molecule has 128 valence electrons. The number of hydrogen-bond donors (Lipinski definition) is 1. The Morgan fingerprint density at radius 1 is 1.04 bits per heavy atom. The minimum atomic E-state index is -0.0480. The van der Waals surface area contributed by atoms with E-state index in [4.69, 9.17) is 0 Å². The highest BCUT2D eigenvalue weighted by Crippen LogP contribution is 2.22. The lowest BCUT2D eigenvalue weighted by molar-refractivity contribution is 0.0925. The van der Waals surface area contributed by atoms with Crippen LogP contribution in [0.25, 0.3) is 0 Å². The fourth-order valence-electron chi connectivity index (χ4n) is 2.86. The third-order valence-corrected chi connectivity index (χ3v) is 4.23. The zero-order valence-corrected chi connectivity index (χ0v) is 14.6. The minimum absolute atomic E-state index is 0.00236. The molecule has 4 heteroatoms. The van der Waals surface area contributed by atoms with Crippen LogP contribution >= 0.6 is 0 Å². The standard InChI is InChI=1S/C21H23N3O/c1-16(2)20(18-7-4-3-5-8-18)23-21(25)19-11-9-17(10-12-19)15-24-14-6-13-22-24/h3-14,16,20H,15H2,1-2H3,(H,23,25). The summed E-state index contributed by atoms with van der Waals surface area (Å²) in [5.41, 5.74) is 2.91. The van der Waals surface area contributed by atoms with Crippen molar-refractivity contribution in [2.75, 3.05) is 0 Å². The van der Waals surface area contributed by atoms with Crippen molar-refractivity contribution in [1.82, 2.24) is 15.1 Å². The number of aromatic nitrogens is 2. The van der Waals surface area contributed by atoms with Crippen molar-refractivity contribution in [3.8, 4) is 0 Å². The maximum atomic E-state index is 12.6. The van der Waals surface area contributed by atoms with Crippen LogP contribution in [0.2, 0.25) is 0 Å². The number of benzene rings is 2. The molecule has 1 N–H and O–H groups in total. The van der Waals surface area contributed by atoms with Crippen molar-refractivity contribution in [3.63, 3.8) is 0 Å². The molecule has 1 heterocycles. The molecule has 1 unspecified atom stereocenters. The summed E-state index contributed by atoms with van der Waals surface area (Å²) in [7, 11) is 0. The molecule has 25 heavy (non-hydrogen) atoms. The van der Waals surface area contributed by atoms with Gasteiger partial charge in [-0.3, -0.25) is 9.48 Å². The summed E-state index contributed by atoms with van der Waals surface area (Å²) >= 11 is 0. The molecule has 4 nitrogen and oxygen atoms in total. The van der Waals surface area contributed by atoms with E-state index in [1.807, 2.05) is 59.4 Å². The number of amides is 1. The van der Waals surface area contributed by atoms with Crippen molar-refractivity contribution in [2.45, 2.75) is 26.4 Å². The van der Waals surface area contributed by atoms with E-state index in [9.17, 15) is 4.79 Å². The number of rotatable bonds is 6. The first kappa shape index (κ1) is 17.0. The van der Waals surface area contributed by atoms with E-state index in [0.29, 0.717) is 18.0 Å². The molecule has 1 aromatic heterocycles. The lowest BCUT2D eigenvalue weighted by Gasteiger charge is -2.23. The average molecular weight is 333 g/mol. The van der Waals surface area contributed by atoms with Gasteiger partial charge in [0.2, 0.25) is 0 Å². The molecule has 0 aliphatic carbocycles. The topological polar surface area (TPSA) is 46.9 Å². The van der Waals surface area contributed by atoms with Crippen molar-refractivity contribution in [3.05, 3.63) is 89.7 Å². The van der Waals surface area contributed by atoms with E-state index in [-0.39, 0.29) is 11.9 Å². The second-order valence-corrected chi connectivity index (χ2v) is 6.51. The Labute approximate surface area is 148 Å². The first-order valence-electron chi connectivity index (χ1n) is 8.55. The maximum Gasteiger partial charge on any atom is 0.251 e. The highest BCUT2D eigenvalue weighted by Gasteiger charge is 2.18. The van der Waals surface area contributed by atoms with E-state index in [1.165, 1.54) is 0 Å². The molecule has 0 aliphatic rings. The molecule has 1 atom stereocenters. The second-order valence-electron chi connectivity index (χ2n) is 6.51. The quantitative estimate of drug-likeness (QED) is 0.739. The maximum absolute atomic E-state index is 12.6. The Morgan fingerprint density at radius 2 is 1.76 bits per heavy atom. The molecular formula is C21H23N3O. The van der Waals surface area contributed by atoms with Crippen molar-refractivity contribution < 1.29 is 4.79 Å². The number of nitrogens with zero attached hydrogens (tertiary/aromatic N) is 2. The van der Waals surface area contributed by atoms with Crippen LogP contribution < -0.4 is 5.32 Å². The van der Waals surface area contributed by atoms with Crippen molar-refractivity contribution in [2.24, 2.45) is 5.92 Å². The monoisotopic (exact) mass is 333 g/mol. The zero-order chi connectivity index (χ0) is 17.6. The third-order valence-electron chi connectivity index (χ3n) is 4.23. The first-order valence-corrected chi connectivity index (χ1v) is 8.55. The summed E-state index contributed by atoms with van der Waals surface area (Å²) < 4.78 is 1.86. The van der Waals surface area contributed by atoms with Crippen LogP contribution in [0.4, 0.5) is 0 Å². The molecule has 0 fully saturated rings. The Morgan fingerprint density at radius 3 is 2.36 bits per heavy atom. The van der Waals surface area contributed by atoms with Crippen LogP contribution in [0.3, 0.4) is 0 Å². The molecule has 3 rings (SSSR count). The number of carbonyl (C=O) groups is 1. The number of nitrogens with one attached hydrogen (secondary N) is 1. The molecule has 2 aromatic carbocycles. The van der Waals surface area contributed by atoms with E-state index < -0.39 is 0 Å². The van der Waals surface area contributed by atoms with Gasteiger partial charge in [0, 0.05) is 18.0 Å². The molecule has 0 saturated carbocycles. The molecule has 0 bridgehead atoms. The van der Waals surface area contributed by atoms with Crippen LogP contribution in [0, 0.1) is 5.92 Å². The van der Waals surface area contributed by atoms with E-state index in [1.54, 1.807) is 6.20 Å². The molecule has 0 aliphatic heterocycles. The van der Waals surface area contributed by atoms with Gasteiger partial charge in [-0.15, -0.1) is 0 Å². The lowest BCUT2D eigenvalue weighted by Crippen LogP contribution is -2.31. The van der Waals surface area contributed by atoms with Crippen LogP contribution in [0.5, 0.6) is 0 Å². The van der Waals surface area contributed by atoms with Crippen LogP contribution in [0.1, 0.15) is 41.4 Å². The molecule has 3 aromatic rings. The summed E-state index contributed by atoms with van der Waals surface area (Å²) in [5, 5.41) is 7.36. The van der Waals surface area contributed by atoms with Gasteiger partial charge in [-0.25, -0.2) is 0 Å². The Balaban J connectivity index is 1.69. The van der Waals surface area contributed by atoms with E-state index in [2.05, 4.69) is 36.4 Å². The van der Waals surface area contributed by atoms with Crippen LogP contribution in [0.15, 0.2) is 73.1 Å². The van der Waals surface area contributed by atoms with Crippen molar-refractivity contribution in [1.29, 1.82) is 0 Å². The van der Waals surface area contributed by atoms with Gasteiger partial charge in [-0.2, -0.15) is 5.10 Å². The largest absolute Gasteiger partial charge is 0.345 e. The number of carbonyl (C=O) groups excluding carboxylic acids is 1. The van der Waals surface area contributed by atoms with Gasteiger partial charge in [0.15, 0.2) is 0 Å². The highest BCUT2D eigenvalue weighted by molar-refractivity contribution is 5.94. The van der Waals surface area contributed by atoms with E-state index >= 15 is 0 Å². The van der Waals surface area contributed by atoms with Gasteiger partial charge in [0.05, 0.1) is 12.6 Å². The van der Waals surface area contributed by atoms with Gasteiger partial charge < -0.3 is 5.32 Å². The summed E-state index contributed by atoms with van der Waals surface area (Å²) in [4.78, 5) is 12.6. The summed E-state index contributed by atoms with van der Waals surface area (Å²) in [6.07, 6.45) is 3.69. The lowest BCUT2D eigenvalue weighted by atomic mass is 9.95. The van der Waals surface area contributed by atoms with Gasteiger partial charge in [-0.05, 0) is 35.2 Å². The second kappa shape index (κ2) is 7.79. The van der Waals surface area contributed by atoms with E-state index in [0.717, 1.165) is 11.1 Å². The fraction of sp³-hybridized carbons (Fsp3) is 0.238. The third kappa shape index (κ3) is 4.35. The highest BCUT2D eigenvalue weighted by atomic mass is 16.1. The predicted molar refractivity (Wildman–Crippen MR) is 99.3 cm³/mol. The number of hydrogen-bond acceptors (Lipinski definition) is 2. The molecular weight excluding hydrogens is 310 g/mol. The fourth-order valence-corrected chi connectivity index (χ4v) is 2.86. The Kier molecular flexibility index (Phi) is 5.29. The minimum Gasteiger partial charge on any atom is -0.345 e. The van der Waals surface area contributed by atoms with Gasteiger partial charge in [0.1, 0.15) is 0 Å². The van der Waals surface area contributed by atoms with Crippen molar-refractivity contribution >= 4 is 5.91 Å². The summed E-state index contributed by atoms with van der Waals surface area (Å²) in [6.45, 7) is 4.93.